The molecule has 0 aliphatic carbocycles. The summed E-state index contributed by atoms with van der Waals surface area (Å²) < 4.78 is 12.0. The highest BCUT2D eigenvalue weighted by Crippen LogP contribution is 2.33. The first-order chi connectivity index (χ1) is 16.5. The van der Waals surface area contributed by atoms with Crippen molar-refractivity contribution in [2.75, 3.05) is 11.9 Å². The zero-order valence-corrected chi connectivity index (χ0v) is 21.2. The number of nitrogens with one attached hydrogen (secondary N) is 1. The number of anilines is 1. The number of ether oxygens (including phenoxy) is 1. The molecular weight excluding hydrogens is 462 g/mol. The van der Waals surface area contributed by atoms with Gasteiger partial charge >= 0.3 is 0 Å². The second kappa shape index (κ2) is 9.59. The zero-order chi connectivity index (χ0) is 25.3. The second-order valence-electron chi connectivity index (χ2n) is 9.72. The van der Waals surface area contributed by atoms with Gasteiger partial charge in [-0.2, -0.15) is 0 Å². The molecule has 1 heterocycles. The van der Waals surface area contributed by atoms with E-state index < -0.39 is 5.91 Å². The van der Waals surface area contributed by atoms with Gasteiger partial charge in [-0.15, -0.1) is 0 Å². The minimum atomic E-state index is -0.414. The van der Waals surface area contributed by atoms with Crippen molar-refractivity contribution in [2.45, 2.75) is 40.0 Å². The molecule has 1 N–H and O–H groups in total. The second-order valence-corrected chi connectivity index (χ2v) is 10.1. The van der Waals surface area contributed by atoms with Gasteiger partial charge in [-0.05, 0) is 54.7 Å². The van der Waals surface area contributed by atoms with Crippen molar-refractivity contribution in [2.24, 2.45) is 0 Å². The van der Waals surface area contributed by atoms with Gasteiger partial charge in [0.1, 0.15) is 5.58 Å². The molecule has 3 aromatic carbocycles. The number of amides is 1. The summed E-state index contributed by atoms with van der Waals surface area (Å²) >= 11 is 6.15. The fraction of sp³-hybridized carbons (Fsp3) is 0.241. The molecule has 0 atom stereocenters. The van der Waals surface area contributed by atoms with Gasteiger partial charge in [-0.25, -0.2) is 0 Å². The highest BCUT2D eigenvalue weighted by Gasteiger charge is 2.20. The van der Waals surface area contributed by atoms with Gasteiger partial charge in [-0.3, -0.25) is 9.59 Å². The quantitative estimate of drug-likeness (QED) is 0.326. The van der Waals surface area contributed by atoms with Crippen LogP contribution in [-0.4, -0.2) is 12.5 Å². The van der Waals surface area contributed by atoms with Crippen LogP contribution in [0.3, 0.4) is 0 Å². The van der Waals surface area contributed by atoms with Crippen molar-refractivity contribution in [1.29, 1.82) is 0 Å². The lowest BCUT2D eigenvalue weighted by molar-refractivity contribution is -0.118. The van der Waals surface area contributed by atoms with E-state index in [0.717, 1.165) is 16.7 Å². The molecule has 0 unspecified atom stereocenters. The molecular formula is C29H28ClNO4. The lowest BCUT2D eigenvalue weighted by atomic mass is 9.86. The number of hydrogen-bond acceptors (Lipinski definition) is 4. The summed E-state index contributed by atoms with van der Waals surface area (Å²) in [6.07, 6.45) is 0. The Hall–Kier alpha value is -3.57. The van der Waals surface area contributed by atoms with E-state index in [0.29, 0.717) is 27.2 Å². The van der Waals surface area contributed by atoms with Crippen LogP contribution in [0.15, 0.2) is 69.9 Å². The Morgan fingerprint density at radius 2 is 1.71 bits per heavy atom. The van der Waals surface area contributed by atoms with E-state index in [1.165, 1.54) is 0 Å². The van der Waals surface area contributed by atoms with Crippen LogP contribution in [0.1, 0.15) is 37.5 Å². The average molecular weight is 490 g/mol. The molecule has 0 fully saturated rings. The third-order valence-corrected chi connectivity index (χ3v) is 6.23. The maximum Gasteiger partial charge on any atom is 0.262 e. The maximum atomic E-state index is 13.4. The number of hydrogen-bond donors (Lipinski definition) is 1. The summed E-state index contributed by atoms with van der Waals surface area (Å²) in [4.78, 5) is 26.0. The molecule has 1 aromatic heterocycles. The van der Waals surface area contributed by atoms with Gasteiger partial charge in [0.15, 0.2) is 12.4 Å². The molecule has 180 valence electrons. The molecule has 4 rings (SSSR count). The molecule has 4 aromatic rings. The van der Waals surface area contributed by atoms with Crippen molar-refractivity contribution in [3.05, 3.63) is 92.6 Å². The monoisotopic (exact) mass is 489 g/mol. The van der Waals surface area contributed by atoms with Crippen molar-refractivity contribution >= 4 is 34.2 Å². The summed E-state index contributed by atoms with van der Waals surface area (Å²) in [6.45, 7) is 9.82. The van der Waals surface area contributed by atoms with E-state index in [-0.39, 0.29) is 29.0 Å². The molecule has 0 saturated carbocycles. The number of carbonyl (C=O) groups excluding carboxylic acids is 1. The lowest BCUT2D eigenvalue weighted by Gasteiger charge is -2.19. The molecule has 5 nitrogen and oxygen atoms in total. The van der Waals surface area contributed by atoms with Gasteiger partial charge in [0.25, 0.3) is 5.91 Å². The van der Waals surface area contributed by atoms with Crippen LogP contribution in [0.4, 0.5) is 5.69 Å². The molecule has 0 radical (unpaired) electrons. The summed E-state index contributed by atoms with van der Waals surface area (Å²) in [5, 5.41) is 3.70. The summed E-state index contributed by atoms with van der Waals surface area (Å²) in [5.74, 6) is -0.121. The zero-order valence-electron chi connectivity index (χ0n) is 20.5. The van der Waals surface area contributed by atoms with Crippen LogP contribution < -0.4 is 15.5 Å². The van der Waals surface area contributed by atoms with Crippen molar-refractivity contribution in [1.82, 2.24) is 0 Å². The lowest BCUT2D eigenvalue weighted by Crippen LogP contribution is -2.22. The van der Waals surface area contributed by atoms with E-state index in [1.807, 2.05) is 50.2 Å². The minimum Gasteiger partial charge on any atom is -0.476 e. The Balaban J connectivity index is 1.69. The predicted molar refractivity (Wildman–Crippen MR) is 142 cm³/mol. The summed E-state index contributed by atoms with van der Waals surface area (Å²) in [7, 11) is 0. The van der Waals surface area contributed by atoms with E-state index in [1.54, 1.807) is 24.3 Å². The molecule has 6 heteroatoms. The predicted octanol–water partition coefficient (Wildman–Crippen LogP) is 7.05. The molecule has 0 aliphatic heterocycles. The Morgan fingerprint density at radius 1 is 1.00 bits per heavy atom. The summed E-state index contributed by atoms with van der Waals surface area (Å²) in [6, 6.07) is 18.5. The molecule has 35 heavy (non-hydrogen) atoms. The summed E-state index contributed by atoms with van der Waals surface area (Å²) in [5.41, 5.74) is 4.35. The van der Waals surface area contributed by atoms with Crippen LogP contribution in [0, 0.1) is 13.8 Å². The molecule has 0 aliphatic rings. The van der Waals surface area contributed by atoms with E-state index in [2.05, 4.69) is 26.1 Å². The third-order valence-electron chi connectivity index (χ3n) is 5.82. The number of carbonyl (C=O) groups is 1. The van der Waals surface area contributed by atoms with Gasteiger partial charge in [0, 0.05) is 16.3 Å². The largest absolute Gasteiger partial charge is 0.476 e. The Kier molecular flexibility index (Phi) is 6.73. The third kappa shape index (κ3) is 5.41. The highest BCUT2D eigenvalue weighted by molar-refractivity contribution is 6.31. The van der Waals surface area contributed by atoms with E-state index >= 15 is 0 Å². The Bertz CT molecular complexity index is 1460. The van der Waals surface area contributed by atoms with Gasteiger partial charge < -0.3 is 14.5 Å². The van der Waals surface area contributed by atoms with Crippen LogP contribution in [-0.2, 0) is 10.2 Å². The highest BCUT2D eigenvalue weighted by atomic mass is 35.5. The fourth-order valence-corrected chi connectivity index (χ4v) is 3.92. The Labute approximate surface area is 209 Å². The van der Waals surface area contributed by atoms with E-state index in [4.69, 9.17) is 20.8 Å². The number of rotatable bonds is 5. The number of halogens is 1. The normalized spacial score (nSPS) is 11.5. The van der Waals surface area contributed by atoms with Crippen LogP contribution in [0.25, 0.3) is 22.3 Å². The Morgan fingerprint density at radius 3 is 2.37 bits per heavy atom. The minimum absolute atomic E-state index is 0.00342. The van der Waals surface area contributed by atoms with Gasteiger partial charge in [-0.1, -0.05) is 74.3 Å². The molecule has 0 saturated heterocycles. The number of fused-ring (bicyclic) bond motifs is 1. The van der Waals surface area contributed by atoms with Crippen molar-refractivity contribution in [3.63, 3.8) is 0 Å². The number of benzene rings is 3. The number of aryl methyl sites for hydroxylation is 2. The maximum absolute atomic E-state index is 13.4. The molecule has 0 bridgehead atoms. The van der Waals surface area contributed by atoms with Crippen LogP contribution >= 0.6 is 11.6 Å². The van der Waals surface area contributed by atoms with Crippen molar-refractivity contribution in [3.8, 4) is 17.1 Å². The smallest absolute Gasteiger partial charge is 0.262 e. The van der Waals surface area contributed by atoms with Crippen LogP contribution in [0.5, 0.6) is 5.75 Å². The first-order valence-corrected chi connectivity index (χ1v) is 11.8. The molecule has 1 amide bonds. The first kappa shape index (κ1) is 24.6. The SMILES string of the molecule is Cc1ccc2oc(-c3ccc(C(C)(C)C)cc3)c(OCC(=O)Nc3ccc(C)c(Cl)c3)c(=O)c2c1. The molecule has 0 spiro atoms. The fourth-order valence-electron chi connectivity index (χ4n) is 3.74. The standard InChI is InChI=1S/C29H28ClNO4/c1-17-6-13-24-22(14-17)26(33)28(27(35-24)19-8-10-20(11-9-19)29(3,4)5)34-16-25(32)31-21-12-7-18(2)23(30)15-21/h6-15H,16H2,1-5H3,(H,31,32). The average Bonchev–Trinajstić information content (AvgIpc) is 2.80. The first-order valence-electron chi connectivity index (χ1n) is 11.4. The van der Waals surface area contributed by atoms with E-state index in [9.17, 15) is 9.59 Å². The van der Waals surface area contributed by atoms with Gasteiger partial charge in [0.05, 0.1) is 5.39 Å². The van der Waals surface area contributed by atoms with Gasteiger partial charge in [0.2, 0.25) is 11.2 Å². The topological polar surface area (TPSA) is 68.5 Å². The van der Waals surface area contributed by atoms with Crippen molar-refractivity contribution < 1.29 is 13.9 Å². The van der Waals surface area contributed by atoms with Crippen LogP contribution in [0.2, 0.25) is 5.02 Å².